The molecule has 0 rings (SSSR count). The van der Waals surface area contributed by atoms with E-state index < -0.39 is 37.6 Å². The van der Waals surface area contributed by atoms with Gasteiger partial charge in [0.2, 0.25) is 0 Å². The summed E-state index contributed by atoms with van der Waals surface area (Å²) in [6, 6.07) is 0. The van der Waals surface area contributed by atoms with Crippen molar-refractivity contribution in [3.8, 4) is 0 Å². The second-order valence-corrected chi connectivity index (χ2v) is 42.7. The predicted octanol–water partition coefficient (Wildman–Crippen LogP) is 15.5. The minimum absolute atomic E-state index is 1.30. The van der Waals surface area contributed by atoms with Crippen molar-refractivity contribution in [3.05, 3.63) is 24.3 Å². The molecule has 3 heteroatoms. The van der Waals surface area contributed by atoms with Crippen LogP contribution in [0.25, 0.3) is 0 Å². The molecule has 0 aliphatic carbocycles. The molecule has 43 heavy (non-hydrogen) atoms. The molecule has 0 aromatic carbocycles. The van der Waals surface area contributed by atoms with E-state index in [2.05, 4.69) is 57.9 Å². The summed E-state index contributed by atoms with van der Waals surface area (Å²) in [5.74, 6) is 0. The van der Waals surface area contributed by atoms with Gasteiger partial charge < -0.3 is 0 Å². The van der Waals surface area contributed by atoms with E-state index in [-0.39, 0.29) is 0 Å². The van der Waals surface area contributed by atoms with E-state index in [4.69, 9.17) is 1.41 Å². The van der Waals surface area contributed by atoms with E-state index in [0.717, 1.165) is 0 Å². The van der Waals surface area contributed by atoms with Gasteiger partial charge in [0.25, 0.3) is 0 Å². The number of allylic oxidation sites excluding steroid dienone is 4. The van der Waals surface area contributed by atoms with E-state index in [1.54, 1.807) is 0 Å². The van der Waals surface area contributed by atoms with Crippen LogP contribution in [0.5, 0.6) is 0 Å². The van der Waals surface area contributed by atoms with Gasteiger partial charge in [0.15, 0.2) is 0 Å². The van der Waals surface area contributed by atoms with Gasteiger partial charge in [-0.1, -0.05) is 78.1 Å². The molecular weight excluding hydrogens is 734 g/mol. The first-order valence-electron chi connectivity index (χ1n) is 19.8. The second-order valence-electron chi connectivity index (χ2n) is 15.0. The summed E-state index contributed by atoms with van der Waals surface area (Å²) < 4.78 is 10.0. The molecule has 0 spiro atoms. The normalized spacial score (nSPS) is 13.9. The van der Waals surface area contributed by atoms with Gasteiger partial charge in [0.05, 0.1) is 0 Å². The van der Waals surface area contributed by atoms with Crippen LogP contribution >= 0.6 is 0 Å². The third kappa shape index (κ3) is 35.7. The second kappa shape index (κ2) is 33.0. The van der Waals surface area contributed by atoms with Gasteiger partial charge in [0, 0.05) is 0 Å². The van der Waals surface area contributed by atoms with Crippen molar-refractivity contribution in [2.45, 2.75) is 222 Å². The standard InChI is InChI=1S/2C18H35.4CH3.O.2Sn/c2*1-3-5-7-9-11-13-15-17-18-16-14-12-10-8-6-4-2;;;;;;;/h2*17-18H,1,3-16H2,2H3;4*1H3;;;. The zero-order chi connectivity index (χ0) is 31.7. The van der Waals surface area contributed by atoms with Gasteiger partial charge in [-0.2, -0.15) is 0 Å². The average Bonchev–Trinajstić information content (AvgIpc) is 2.96. The maximum absolute atomic E-state index is 7.08. The molecule has 0 amide bonds. The summed E-state index contributed by atoms with van der Waals surface area (Å²) >= 11 is -4.56. The van der Waals surface area contributed by atoms with Crippen molar-refractivity contribution >= 4 is 37.6 Å². The topological polar surface area (TPSA) is 9.23 Å². The third-order valence-electron chi connectivity index (χ3n) is 8.99. The molecule has 0 heterocycles. The number of hydrogen-bond donors (Lipinski definition) is 0. The Bertz CT molecular complexity index is 564. The molecule has 0 bridgehead atoms. The summed E-state index contributed by atoms with van der Waals surface area (Å²) in [5.41, 5.74) is 0. The first-order chi connectivity index (χ1) is 20.8. The van der Waals surface area contributed by atoms with Gasteiger partial charge in [-0.3, -0.25) is 0 Å². The van der Waals surface area contributed by atoms with Crippen molar-refractivity contribution in [1.82, 2.24) is 0 Å². The Labute approximate surface area is 283 Å². The molecule has 0 saturated heterocycles. The van der Waals surface area contributed by atoms with Crippen LogP contribution in [-0.2, 0) is 1.41 Å². The third-order valence-corrected chi connectivity index (χ3v) is 41.4. The van der Waals surface area contributed by atoms with E-state index in [1.165, 1.54) is 189 Å². The Morgan fingerprint density at radius 3 is 0.884 bits per heavy atom. The van der Waals surface area contributed by atoms with Crippen molar-refractivity contribution in [2.24, 2.45) is 0 Å². The zero-order valence-electron chi connectivity index (χ0n) is 30.9. The summed E-state index contributed by atoms with van der Waals surface area (Å²) in [5, 5.41) is 0. The molecule has 256 valence electrons. The molecule has 0 radical (unpaired) electrons. The Hall–Kier alpha value is 1.04. The Morgan fingerprint density at radius 1 is 0.349 bits per heavy atom. The molecular formula is C40H82OSn2. The molecule has 0 aliphatic heterocycles. The summed E-state index contributed by atoms with van der Waals surface area (Å²) in [7, 11) is 0. The molecule has 0 unspecified atom stereocenters. The van der Waals surface area contributed by atoms with Crippen LogP contribution in [-0.4, -0.2) is 37.6 Å². The molecule has 0 fully saturated rings. The van der Waals surface area contributed by atoms with Crippen molar-refractivity contribution in [2.75, 3.05) is 0 Å². The molecule has 1 nitrogen and oxygen atoms in total. The molecule has 0 aromatic rings. The summed E-state index contributed by atoms with van der Waals surface area (Å²) in [4.78, 5) is 10.1. The van der Waals surface area contributed by atoms with E-state index in [0.29, 0.717) is 0 Å². The van der Waals surface area contributed by atoms with Gasteiger partial charge in [0.1, 0.15) is 0 Å². The number of rotatable bonds is 34. The monoisotopic (exact) mass is 818 g/mol. The molecule has 0 N–H and O–H groups in total. The SMILES string of the molecule is CCCCCCCCC=CCCCCCCC[CH2][Sn]([CH3])([CH2]CCCCCCCC=CCCCCCCCC)[O][Sn]([CH3])([CH3])[CH3]. The van der Waals surface area contributed by atoms with Crippen molar-refractivity contribution in [1.29, 1.82) is 0 Å². The van der Waals surface area contributed by atoms with Crippen LogP contribution in [0.3, 0.4) is 0 Å². The van der Waals surface area contributed by atoms with Crippen molar-refractivity contribution < 1.29 is 1.41 Å². The van der Waals surface area contributed by atoms with Gasteiger partial charge in [-0.15, -0.1) is 0 Å². The maximum atomic E-state index is 7.08. The zero-order valence-corrected chi connectivity index (χ0v) is 36.6. The minimum atomic E-state index is -2.37. The first-order valence-corrected chi connectivity index (χ1v) is 37.6. The van der Waals surface area contributed by atoms with Crippen LogP contribution in [0.1, 0.15) is 194 Å². The Balaban J connectivity index is 3.81. The summed E-state index contributed by atoms with van der Waals surface area (Å²) in [6.07, 6.45) is 49.1. The molecule has 0 aromatic heterocycles. The van der Waals surface area contributed by atoms with E-state index >= 15 is 0 Å². The molecule has 0 atom stereocenters. The fourth-order valence-electron chi connectivity index (χ4n) is 6.46. The van der Waals surface area contributed by atoms with Crippen LogP contribution < -0.4 is 0 Å². The number of unbranched alkanes of at least 4 members (excludes halogenated alkanes) is 24. The first kappa shape index (κ1) is 44.0. The average molecular weight is 817 g/mol. The van der Waals surface area contributed by atoms with Crippen LogP contribution in [0.15, 0.2) is 24.3 Å². The van der Waals surface area contributed by atoms with E-state index in [9.17, 15) is 0 Å². The quantitative estimate of drug-likeness (QED) is 0.0357. The Morgan fingerprint density at radius 2 is 0.605 bits per heavy atom. The molecule has 0 aliphatic rings. The fraction of sp³-hybridized carbons (Fsp3) is 0.900. The summed E-state index contributed by atoms with van der Waals surface area (Å²) in [6.45, 7) is 4.60. The van der Waals surface area contributed by atoms with Gasteiger partial charge >= 0.3 is 208 Å². The predicted molar refractivity (Wildman–Crippen MR) is 205 cm³/mol. The number of hydrogen-bond acceptors (Lipinski definition) is 1. The fourth-order valence-corrected chi connectivity index (χ4v) is 49.9. The van der Waals surface area contributed by atoms with Crippen LogP contribution in [0, 0.1) is 0 Å². The van der Waals surface area contributed by atoms with Gasteiger partial charge in [-0.25, -0.2) is 0 Å². The van der Waals surface area contributed by atoms with E-state index in [1.807, 2.05) is 0 Å². The van der Waals surface area contributed by atoms with Crippen molar-refractivity contribution in [3.63, 3.8) is 0 Å². The van der Waals surface area contributed by atoms with Crippen LogP contribution in [0.4, 0.5) is 0 Å². The van der Waals surface area contributed by atoms with Crippen LogP contribution in [0.2, 0.25) is 28.6 Å². The Kier molecular flexibility index (Phi) is 33.8. The molecule has 0 saturated carbocycles. The van der Waals surface area contributed by atoms with Gasteiger partial charge in [-0.05, 0) is 0 Å².